The van der Waals surface area contributed by atoms with Gasteiger partial charge in [-0.3, -0.25) is 4.79 Å². The van der Waals surface area contributed by atoms with E-state index in [2.05, 4.69) is 10.6 Å². The molecular weight excluding hydrogens is 285 g/mol. The van der Waals surface area contributed by atoms with Crippen LogP contribution in [0.25, 0.3) is 0 Å². The zero-order chi connectivity index (χ0) is 13.3. The lowest BCUT2D eigenvalue weighted by Gasteiger charge is -2.11. The van der Waals surface area contributed by atoms with Crippen molar-refractivity contribution in [2.24, 2.45) is 0 Å². The SMILES string of the molecule is Cl.O=C(Nc1cc(F)c(F)c(F)c1)C1CC(O)CN1. The number of amides is 1. The Morgan fingerprint density at radius 3 is 2.37 bits per heavy atom. The predicted molar refractivity (Wildman–Crippen MR) is 64.6 cm³/mol. The first kappa shape index (κ1) is 15.7. The number of anilines is 1. The molecule has 106 valence electrons. The fraction of sp³-hybridized carbons (Fsp3) is 0.364. The lowest BCUT2D eigenvalue weighted by atomic mass is 10.2. The highest BCUT2D eigenvalue weighted by Gasteiger charge is 2.28. The van der Waals surface area contributed by atoms with Crippen LogP contribution < -0.4 is 10.6 Å². The number of carbonyl (C=O) groups excluding carboxylic acids is 1. The normalized spacial score (nSPS) is 21.9. The maximum absolute atomic E-state index is 12.9. The van der Waals surface area contributed by atoms with Crippen LogP contribution >= 0.6 is 12.4 Å². The van der Waals surface area contributed by atoms with Gasteiger partial charge in [0, 0.05) is 24.4 Å². The predicted octanol–water partition coefficient (Wildman–Crippen LogP) is 1.19. The molecule has 1 aliphatic heterocycles. The Hall–Kier alpha value is -1.31. The summed E-state index contributed by atoms with van der Waals surface area (Å²) in [5.41, 5.74) is -0.167. The van der Waals surface area contributed by atoms with Crippen LogP contribution in [0.15, 0.2) is 12.1 Å². The molecule has 19 heavy (non-hydrogen) atoms. The average molecular weight is 297 g/mol. The summed E-state index contributed by atoms with van der Waals surface area (Å²) >= 11 is 0. The topological polar surface area (TPSA) is 61.4 Å². The third-order valence-corrected chi connectivity index (χ3v) is 2.68. The second-order valence-electron chi connectivity index (χ2n) is 4.09. The number of hydrogen-bond acceptors (Lipinski definition) is 3. The summed E-state index contributed by atoms with van der Waals surface area (Å²) in [5, 5.41) is 14.2. The van der Waals surface area contributed by atoms with Crippen molar-refractivity contribution >= 4 is 24.0 Å². The third-order valence-electron chi connectivity index (χ3n) is 2.68. The fourth-order valence-electron chi connectivity index (χ4n) is 1.77. The monoisotopic (exact) mass is 296 g/mol. The molecule has 1 heterocycles. The number of aliphatic hydroxyl groups is 1. The molecule has 2 rings (SSSR count). The highest BCUT2D eigenvalue weighted by atomic mass is 35.5. The number of aliphatic hydroxyl groups excluding tert-OH is 1. The maximum atomic E-state index is 12.9. The zero-order valence-corrected chi connectivity index (χ0v) is 10.4. The molecule has 0 saturated carbocycles. The number of β-amino-alcohol motifs (C(OH)–C–C–N with tert-alkyl or cyclic N) is 1. The van der Waals surface area contributed by atoms with Crippen LogP contribution in [-0.2, 0) is 4.79 Å². The number of nitrogens with one attached hydrogen (secondary N) is 2. The Balaban J connectivity index is 0.00000180. The van der Waals surface area contributed by atoms with Crippen LogP contribution in [0.1, 0.15) is 6.42 Å². The molecule has 1 aromatic rings. The Morgan fingerprint density at radius 2 is 1.89 bits per heavy atom. The van der Waals surface area contributed by atoms with Crippen molar-refractivity contribution in [2.75, 3.05) is 11.9 Å². The maximum Gasteiger partial charge on any atom is 0.241 e. The lowest BCUT2D eigenvalue weighted by molar-refractivity contribution is -0.117. The van der Waals surface area contributed by atoms with Crippen molar-refractivity contribution in [3.63, 3.8) is 0 Å². The van der Waals surface area contributed by atoms with E-state index >= 15 is 0 Å². The number of rotatable bonds is 2. The molecule has 0 bridgehead atoms. The number of carbonyl (C=O) groups is 1. The second-order valence-corrected chi connectivity index (χ2v) is 4.09. The van der Waals surface area contributed by atoms with Crippen molar-refractivity contribution in [2.45, 2.75) is 18.6 Å². The molecule has 1 aromatic carbocycles. The zero-order valence-electron chi connectivity index (χ0n) is 9.62. The second kappa shape index (κ2) is 6.23. The van der Waals surface area contributed by atoms with Crippen molar-refractivity contribution in [3.05, 3.63) is 29.6 Å². The molecule has 8 heteroatoms. The van der Waals surface area contributed by atoms with Crippen LogP contribution in [0.2, 0.25) is 0 Å². The summed E-state index contributed by atoms with van der Waals surface area (Å²) < 4.78 is 38.5. The summed E-state index contributed by atoms with van der Waals surface area (Å²) in [5.74, 6) is -4.85. The van der Waals surface area contributed by atoms with Crippen LogP contribution in [0.5, 0.6) is 0 Å². The smallest absolute Gasteiger partial charge is 0.241 e. The molecule has 1 aliphatic rings. The number of halogens is 4. The quantitative estimate of drug-likeness (QED) is 0.719. The van der Waals surface area contributed by atoms with E-state index in [9.17, 15) is 23.1 Å². The van der Waals surface area contributed by atoms with Gasteiger partial charge in [-0.2, -0.15) is 0 Å². The highest BCUT2D eigenvalue weighted by Crippen LogP contribution is 2.18. The third kappa shape index (κ3) is 3.59. The van der Waals surface area contributed by atoms with Gasteiger partial charge in [0.05, 0.1) is 12.1 Å². The minimum atomic E-state index is -1.58. The van der Waals surface area contributed by atoms with Gasteiger partial charge in [-0.25, -0.2) is 13.2 Å². The van der Waals surface area contributed by atoms with Crippen LogP contribution in [0.4, 0.5) is 18.9 Å². The molecule has 0 aliphatic carbocycles. The first-order valence-electron chi connectivity index (χ1n) is 5.34. The average Bonchev–Trinajstić information content (AvgIpc) is 2.72. The molecule has 0 spiro atoms. The number of hydrogen-bond donors (Lipinski definition) is 3. The van der Waals surface area contributed by atoms with Gasteiger partial charge in [-0.05, 0) is 6.42 Å². The molecule has 1 saturated heterocycles. The largest absolute Gasteiger partial charge is 0.392 e. The van der Waals surface area contributed by atoms with E-state index in [1.54, 1.807) is 0 Å². The van der Waals surface area contributed by atoms with Crippen LogP contribution in [0.3, 0.4) is 0 Å². The van der Waals surface area contributed by atoms with Gasteiger partial charge in [0.1, 0.15) is 0 Å². The van der Waals surface area contributed by atoms with E-state index in [0.29, 0.717) is 12.1 Å². The van der Waals surface area contributed by atoms with E-state index in [1.807, 2.05) is 0 Å². The summed E-state index contributed by atoms with van der Waals surface area (Å²) in [6.07, 6.45) is -0.403. The standard InChI is InChI=1S/C11H11F3N2O2.ClH/c12-7-1-5(2-8(13)10(7)14)16-11(18)9-3-6(17)4-15-9;/h1-2,6,9,15,17H,3-4H2,(H,16,18);1H. The number of benzene rings is 1. The molecule has 3 N–H and O–H groups in total. The van der Waals surface area contributed by atoms with Crippen molar-refractivity contribution in [3.8, 4) is 0 Å². The van der Waals surface area contributed by atoms with Gasteiger partial charge in [-0.15, -0.1) is 12.4 Å². The van der Waals surface area contributed by atoms with Gasteiger partial charge in [0.15, 0.2) is 17.5 Å². The van der Waals surface area contributed by atoms with E-state index in [4.69, 9.17) is 0 Å². The summed E-state index contributed by atoms with van der Waals surface area (Å²) in [4.78, 5) is 11.6. The van der Waals surface area contributed by atoms with Gasteiger partial charge in [-0.1, -0.05) is 0 Å². The molecule has 1 fully saturated rings. The molecule has 2 atom stereocenters. The van der Waals surface area contributed by atoms with Crippen molar-refractivity contribution in [1.82, 2.24) is 5.32 Å². The van der Waals surface area contributed by atoms with Gasteiger partial charge in [0.25, 0.3) is 0 Å². The van der Waals surface area contributed by atoms with Crippen molar-refractivity contribution in [1.29, 1.82) is 0 Å². The van der Waals surface area contributed by atoms with E-state index in [-0.39, 0.29) is 31.1 Å². The Kier molecular flexibility index (Phi) is 5.16. The molecule has 1 amide bonds. The fourth-order valence-corrected chi connectivity index (χ4v) is 1.77. The molecular formula is C11H12ClF3N2O2. The lowest BCUT2D eigenvalue weighted by Crippen LogP contribution is -2.35. The van der Waals surface area contributed by atoms with Crippen LogP contribution in [-0.4, -0.2) is 29.7 Å². The molecule has 4 nitrogen and oxygen atoms in total. The summed E-state index contributed by atoms with van der Waals surface area (Å²) in [6, 6.07) is 0.764. The van der Waals surface area contributed by atoms with Gasteiger partial charge in [0.2, 0.25) is 5.91 Å². The Bertz CT molecular complexity index is 464. The minimum Gasteiger partial charge on any atom is -0.392 e. The molecule has 0 aromatic heterocycles. The minimum absolute atomic E-state index is 0. The molecule has 2 unspecified atom stereocenters. The first-order chi connectivity index (χ1) is 8.47. The van der Waals surface area contributed by atoms with E-state index in [0.717, 1.165) is 0 Å². The molecule has 0 radical (unpaired) electrons. The van der Waals surface area contributed by atoms with Crippen molar-refractivity contribution < 1.29 is 23.1 Å². The Labute approximate surface area is 113 Å². The van der Waals surface area contributed by atoms with E-state index in [1.165, 1.54) is 0 Å². The highest BCUT2D eigenvalue weighted by molar-refractivity contribution is 5.95. The van der Waals surface area contributed by atoms with Gasteiger partial charge >= 0.3 is 0 Å². The summed E-state index contributed by atoms with van der Waals surface area (Å²) in [7, 11) is 0. The summed E-state index contributed by atoms with van der Waals surface area (Å²) in [6.45, 7) is 0.282. The van der Waals surface area contributed by atoms with Crippen LogP contribution in [0, 0.1) is 17.5 Å². The van der Waals surface area contributed by atoms with Gasteiger partial charge < -0.3 is 15.7 Å². The Morgan fingerprint density at radius 1 is 1.32 bits per heavy atom. The first-order valence-corrected chi connectivity index (χ1v) is 5.34. The van der Waals surface area contributed by atoms with E-state index < -0.39 is 35.5 Å².